The first-order chi connectivity index (χ1) is 35.8. The summed E-state index contributed by atoms with van der Waals surface area (Å²) in [4.78, 5) is 5.42. The highest BCUT2D eigenvalue weighted by Crippen LogP contribution is 2.57. The zero-order valence-electron chi connectivity index (χ0n) is 45.9. The molecule has 0 amide bonds. The Labute approximate surface area is 446 Å². The predicted octanol–water partition coefficient (Wildman–Crippen LogP) is 16.5. The van der Waals surface area contributed by atoms with Crippen molar-refractivity contribution in [1.29, 1.82) is 0 Å². The van der Waals surface area contributed by atoms with E-state index in [1.807, 2.05) is 0 Å². The number of hydrogen-bond donors (Lipinski definition) is 0. The minimum Gasteiger partial charge on any atom is -0.311 e. The van der Waals surface area contributed by atoms with Crippen LogP contribution in [0.5, 0.6) is 0 Å². The van der Waals surface area contributed by atoms with Crippen LogP contribution < -0.4 is 26.2 Å². The standard InChI is InChI=1S/C72H67BN2/c1-43-35-64-67-65(36-43)75(61-32-22-26-46-37-45-25-16-17-27-48(45)66(46)61)63-42-57-55(70(7,8)51-29-19-21-31-53(51)72(57,11)12)40-59(63)73(67)58-39-54-56(71(9,10)52-30-20-18-28-50(52)69(54,5)6)41-62(58)74(64)60-34-33-47(68(2,3)4)38-49(60)44-23-14-13-15-24-44/h13-36,38-42H,37H2,1-12H3. The minimum atomic E-state index is -0.244. The van der Waals surface area contributed by atoms with Crippen molar-refractivity contribution in [2.75, 3.05) is 9.80 Å². The van der Waals surface area contributed by atoms with E-state index in [2.05, 4.69) is 269 Å². The quantitative estimate of drug-likeness (QED) is 0.163. The maximum Gasteiger partial charge on any atom is 0.252 e. The Morgan fingerprint density at radius 2 is 0.853 bits per heavy atom. The van der Waals surface area contributed by atoms with E-state index < -0.39 is 0 Å². The van der Waals surface area contributed by atoms with Crippen LogP contribution in [0.25, 0.3) is 22.3 Å². The summed E-state index contributed by atoms with van der Waals surface area (Å²) in [5.41, 5.74) is 32.5. The van der Waals surface area contributed by atoms with E-state index in [9.17, 15) is 0 Å². The van der Waals surface area contributed by atoms with Crippen molar-refractivity contribution in [2.24, 2.45) is 0 Å². The Hall–Kier alpha value is -7.36. The van der Waals surface area contributed by atoms with Crippen LogP contribution >= 0.6 is 0 Å². The first-order valence-corrected chi connectivity index (χ1v) is 27.5. The van der Waals surface area contributed by atoms with E-state index in [0.717, 1.165) is 6.42 Å². The lowest BCUT2D eigenvalue weighted by molar-refractivity contribution is 0.521. The van der Waals surface area contributed by atoms with Gasteiger partial charge in [-0.05, 0) is 156 Å². The van der Waals surface area contributed by atoms with Crippen molar-refractivity contribution in [3.8, 4) is 22.3 Å². The molecule has 0 bridgehead atoms. The van der Waals surface area contributed by atoms with Gasteiger partial charge in [-0.15, -0.1) is 0 Å². The van der Waals surface area contributed by atoms with Crippen molar-refractivity contribution in [1.82, 2.24) is 0 Å². The highest BCUT2D eigenvalue weighted by molar-refractivity contribution is 7.00. The summed E-state index contributed by atoms with van der Waals surface area (Å²) in [6.07, 6.45) is 0.936. The van der Waals surface area contributed by atoms with Gasteiger partial charge in [0.25, 0.3) is 6.71 Å². The normalized spacial score (nSPS) is 17.1. The highest BCUT2D eigenvalue weighted by Gasteiger charge is 2.51. The molecule has 0 spiro atoms. The molecule has 9 aromatic carbocycles. The third-order valence-electron chi connectivity index (χ3n) is 19.0. The van der Waals surface area contributed by atoms with Gasteiger partial charge in [0.05, 0.1) is 11.4 Å². The van der Waals surface area contributed by atoms with E-state index >= 15 is 0 Å². The zero-order valence-corrected chi connectivity index (χ0v) is 45.9. The third kappa shape index (κ3) is 6.28. The fraction of sp³-hybridized carbons (Fsp3) is 0.250. The molecular formula is C72H67BN2. The van der Waals surface area contributed by atoms with Gasteiger partial charge in [0.15, 0.2) is 0 Å². The molecule has 9 aromatic rings. The fourth-order valence-electron chi connectivity index (χ4n) is 14.9. The molecule has 0 saturated carbocycles. The first kappa shape index (κ1) is 46.2. The highest BCUT2D eigenvalue weighted by atomic mass is 15.2. The molecule has 2 nitrogen and oxygen atoms in total. The molecule has 0 radical (unpaired) electrons. The van der Waals surface area contributed by atoms with Crippen LogP contribution in [0.2, 0.25) is 0 Å². The maximum absolute atomic E-state index is 2.72. The van der Waals surface area contributed by atoms with Gasteiger partial charge < -0.3 is 9.80 Å². The second kappa shape index (κ2) is 15.4. The van der Waals surface area contributed by atoms with Gasteiger partial charge in [-0.25, -0.2) is 0 Å². The molecule has 368 valence electrons. The summed E-state index contributed by atoms with van der Waals surface area (Å²) in [6.45, 7) is 29.0. The number of nitrogens with zero attached hydrogens (tertiary/aromatic N) is 2. The number of rotatable bonds is 3. The summed E-state index contributed by atoms with van der Waals surface area (Å²) in [5.74, 6) is 0. The number of fused-ring (bicyclic) bond motifs is 11. The molecule has 5 aliphatic rings. The van der Waals surface area contributed by atoms with Gasteiger partial charge >= 0.3 is 0 Å². The molecule has 3 aliphatic carbocycles. The predicted molar refractivity (Wildman–Crippen MR) is 319 cm³/mol. The van der Waals surface area contributed by atoms with Crippen LogP contribution in [0, 0.1) is 6.92 Å². The Morgan fingerprint density at radius 3 is 1.39 bits per heavy atom. The molecule has 14 rings (SSSR count). The Bertz CT molecular complexity index is 3930. The Kier molecular flexibility index (Phi) is 9.47. The summed E-state index contributed by atoms with van der Waals surface area (Å²) in [6, 6.07) is 68.9. The van der Waals surface area contributed by atoms with Gasteiger partial charge in [-0.2, -0.15) is 0 Å². The van der Waals surface area contributed by atoms with Gasteiger partial charge in [-0.3, -0.25) is 0 Å². The zero-order chi connectivity index (χ0) is 51.9. The van der Waals surface area contributed by atoms with E-state index in [0.29, 0.717) is 0 Å². The van der Waals surface area contributed by atoms with E-state index in [1.165, 1.54) is 140 Å². The van der Waals surface area contributed by atoms with Crippen molar-refractivity contribution < 1.29 is 0 Å². The van der Waals surface area contributed by atoms with Gasteiger partial charge in [0.2, 0.25) is 0 Å². The lowest BCUT2D eigenvalue weighted by Gasteiger charge is -2.49. The molecule has 0 unspecified atom stereocenters. The largest absolute Gasteiger partial charge is 0.311 e. The molecule has 2 heterocycles. The van der Waals surface area contributed by atoms with E-state index in [4.69, 9.17) is 0 Å². The fourth-order valence-corrected chi connectivity index (χ4v) is 14.9. The molecule has 0 aromatic heterocycles. The minimum absolute atomic E-state index is 0.0434. The summed E-state index contributed by atoms with van der Waals surface area (Å²) in [5, 5.41) is 0. The average molecular weight is 971 g/mol. The monoisotopic (exact) mass is 971 g/mol. The smallest absolute Gasteiger partial charge is 0.252 e. The van der Waals surface area contributed by atoms with Gasteiger partial charge in [0, 0.05) is 55.5 Å². The van der Waals surface area contributed by atoms with E-state index in [-0.39, 0.29) is 33.8 Å². The van der Waals surface area contributed by atoms with Crippen molar-refractivity contribution in [3.05, 3.63) is 243 Å². The SMILES string of the molecule is Cc1cc2c3c(c1)N(c1cccc4c1-c1ccccc1C4)c1cc4c(cc1B3c1cc3c(cc1N2c1ccc(C(C)(C)C)cc1-c1ccccc1)C(C)(C)c1ccccc1C3(C)C)C(C)(C)c1ccccc1C4(C)C. The van der Waals surface area contributed by atoms with Crippen molar-refractivity contribution >= 4 is 57.2 Å². The van der Waals surface area contributed by atoms with Crippen LogP contribution in [0.4, 0.5) is 34.1 Å². The average Bonchev–Trinajstić information content (AvgIpc) is 3.86. The molecule has 75 heavy (non-hydrogen) atoms. The Morgan fingerprint density at radius 1 is 0.387 bits per heavy atom. The van der Waals surface area contributed by atoms with Crippen LogP contribution in [0.1, 0.15) is 143 Å². The van der Waals surface area contributed by atoms with Crippen molar-refractivity contribution in [2.45, 2.75) is 117 Å². The number of benzene rings is 9. The topological polar surface area (TPSA) is 6.48 Å². The lowest BCUT2D eigenvalue weighted by atomic mass is 9.32. The van der Waals surface area contributed by atoms with Crippen LogP contribution in [0.15, 0.2) is 176 Å². The van der Waals surface area contributed by atoms with E-state index in [1.54, 1.807) is 0 Å². The lowest BCUT2D eigenvalue weighted by Crippen LogP contribution is -2.62. The molecule has 3 heteroatoms. The number of hydrogen-bond acceptors (Lipinski definition) is 2. The number of aryl methyl sites for hydroxylation is 1. The van der Waals surface area contributed by atoms with Gasteiger partial charge in [0.1, 0.15) is 0 Å². The number of anilines is 6. The van der Waals surface area contributed by atoms with Crippen LogP contribution in [-0.2, 0) is 33.5 Å². The second-order valence-corrected chi connectivity index (χ2v) is 25.8. The second-order valence-electron chi connectivity index (χ2n) is 25.8. The maximum atomic E-state index is 2.72. The third-order valence-corrected chi connectivity index (χ3v) is 19.0. The summed E-state index contributed by atoms with van der Waals surface area (Å²) >= 11 is 0. The first-order valence-electron chi connectivity index (χ1n) is 27.5. The van der Waals surface area contributed by atoms with Gasteiger partial charge in [-0.1, -0.05) is 210 Å². The molecule has 2 aliphatic heterocycles. The molecule has 0 saturated heterocycles. The molecule has 0 fully saturated rings. The molecular weight excluding hydrogens is 904 g/mol. The van der Waals surface area contributed by atoms with Crippen molar-refractivity contribution in [3.63, 3.8) is 0 Å². The van der Waals surface area contributed by atoms with Crippen LogP contribution in [-0.4, -0.2) is 6.71 Å². The summed E-state index contributed by atoms with van der Waals surface area (Å²) in [7, 11) is 0. The molecule has 0 atom stereocenters. The molecule has 0 N–H and O–H groups in total. The van der Waals surface area contributed by atoms with Crippen LogP contribution in [0.3, 0.4) is 0 Å². The Balaban J connectivity index is 1.15. The summed E-state index contributed by atoms with van der Waals surface area (Å²) < 4.78 is 0.